The topological polar surface area (TPSA) is 48.6 Å². The van der Waals surface area contributed by atoms with Crippen LogP contribution in [0, 0.1) is 0 Å². The van der Waals surface area contributed by atoms with Gasteiger partial charge in [-0.25, -0.2) is 0 Å². The Bertz CT molecular complexity index is 384. The summed E-state index contributed by atoms with van der Waals surface area (Å²) in [4.78, 5) is 12.0. The summed E-state index contributed by atoms with van der Waals surface area (Å²) in [5, 5.41) is 7.08. The van der Waals surface area contributed by atoms with Gasteiger partial charge in [-0.05, 0) is 11.4 Å². The SMILES string of the molecule is O=c1[nH][nH]cc1-c1cccs1. The quantitative estimate of drug-likeness (QED) is 0.661. The van der Waals surface area contributed by atoms with Crippen LogP contribution in [0.3, 0.4) is 0 Å². The highest BCUT2D eigenvalue weighted by atomic mass is 32.1. The van der Waals surface area contributed by atoms with Crippen LogP contribution in [0.2, 0.25) is 0 Å². The van der Waals surface area contributed by atoms with Crippen molar-refractivity contribution in [2.75, 3.05) is 0 Å². The Morgan fingerprint density at radius 3 is 2.91 bits per heavy atom. The van der Waals surface area contributed by atoms with Crippen molar-refractivity contribution in [3.05, 3.63) is 34.1 Å². The van der Waals surface area contributed by atoms with Gasteiger partial charge in [-0.1, -0.05) is 6.07 Å². The number of H-pyrrole nitrogens is 2. The molecule has 0 saturated carbocycles. The van der Waals surface area contributed by atoms with E-state index in [2.05, 4.69) is 10.2 Å². The van der Waals surface area contributed by atoms with E-state index in [1.165, 1.54) is 0 Å². The highest BCUT2D eigenvalue weighted by molar-refractivity contribution is 7.13. The molecule has 0 radical (unpaired) electrons. The monoisotopic (exact) mass is 166 g/mol. The summed E-state index contributed by atoms with van der Waals surface area (Å²) >= 11 is 1.55. The average molecular weight is 166 g/mol. The van der Waals surface area contributed by atoms with E-state index in [0.29, 0.717) is 5.56 Å². The van der Waals surface area contributed by atoms with Crippen LogP contribution in [0.25, 0.3) is 10.4 Å². The lowest BCUT2D eigenvalue weighted by Crippen LogP contribution is -1.99. The molecule has 0 fully saturated rings. The largest absolute Gasteiger partial charge is 0.305 e. The van der Waals surface area contributed by atoms with Gasteiger partial charge in [0.1, 0.15) is 0 Å². The first kappa shape index (κ1) is 6.42. The lowest BCUT2D eigenvalue weighted by molar-refractivity contribution is 1.06. The van der Waals surface area contributed by atoms with Crippen LogP contribution >= 0.6 is 11.3 Å². The molecule has 2 heterocycles. The number of hydrogen-bond donors (Lipinski definition) is 2. The highest BCUT2D eigenvalue weighted by Gasteiger charge is 2.02. The van der Waals surface area contributed by atoms with E-state index in [9.17, 15) is 4.79 Å². The van der Waals surface area contributed by atoms with Gasteiger partial charge in [0.05, 0.1) is 5.56 Å². The fraction of sp³-hybridized carbons (Fsp3) is 0. The van der Waals surface area contributed by atoms with E-state index in [4.69, 9.17) is 0 Å². The molecular weight excluding hydrogens is 160 g/mol. The molecule has 3 nitrogen and oxygen atoms in total. The minimum Gasteiger partial charge on any atom is -0.305 e. The molecule has 2 N–H and O–H groups in total. The van der Waals surface area contributed by atoms with Crippen LogP contribution in [0.15, 0.2) is 28.5 Å². The first-order valence-corrected chi connectivity index (χ1v) is 4.06. The lowest BCUT2D eigenvalue weighted by Gasteiger charge is -1.83. The van der Waals surface area contributed by atoms with Crippen LogP contribution in [-0.4, -0.2) is 10.2 Å². The molecule has 0 aliphatic heterocycles. The summed E-state index contributed by atoms with van der Waals surface area (Å²) < 4.78 is 0. The zero-order chi connectivity index (χ0) is 7.68. The predicted molar refractivity (Wildman–Crippen MR) is 44.7 cm³/mol. The van der Waals surface area contributed by atoms with Gasteiger partial charge in [0, 0.05) is 11.1 Å². The minimum absolute atomic E-state index is 0.0625. The third kappa shape index (κ3) is 1.01. The third-order valence-electron chi connectivity index (χ3n) is 1.43. The molecule has 0 aromatic carbocycles. The summed E-state index contributed by atoms with van der Waals surface area (Å²) in [5.41, 5.74) is 0.646. The molecule has 56 valence electrons. The number of rotatable bonds is 1. The Balaban J connectivity index is 2.62. The average Bonchev–Trinajstić information content (AvgIpc) is 2.55. The van der Waals surface area contributed by atoms with Gasteiger partial charge in [-0.2, -0.15) is 0 Å². The Morgan fingerprint density at radius 1 is 1.45 bits per heavy atom. The van der Waals surface area contributed by atoms with Gasteiger partial charge < -0.3 is 5.10 Å². The molecule has 0 bridgehead atoms. The maximum Gasteiger partial charge on any atom is 0.272 e. The van der Waals surface area contributed by atoms with Crippen LogP contribution in [0.4, 0.5) is 0 Å². The molecule has 0 spiro atoms. The lowest BCUT2D eigenvalue weighted by atomic mass is 10.3. The fourth-order valence-corrected chi connectivity index (χ4v) is 1.66. The molecule has 0 amide bonds. The van der Waals surface area contributed by atoms with Crippen LogP contribution in [0.5, 0.6) is 0 Å². The van der Waals surface area contributed by atoms with Crippen molar-refractivity contribution in [3.63, 3.8) is 0 Å². The number of thiophene rings is 1. The standard InChI is InChI=1S/C7H6N2OS/c10-7-5(4-8-9-7)6-2-1-3-11-6/h1-4H,(H2,8,9,10). The highest BCUT2D eigenvalue weighted by Crippen LogP contribution is 2.19. The van der Waals surface area contributed by atoms with Crippen LogP contribution in [-0.2, 0) is 0 Å². The first-order valence-electron chi connectivity index (χ1n) is 3.18. The molecule has 2 rings (SSSR count). The third-order valence-corrected chi connectivity index (χ3v) is 2.34. The molecule has 2 aromatic heterocycles. The molecule has 2 aromatic rings. The maximum absolute atomic E-state index is 11.0. The number of aromatic amines is 2. The van der Waals surface area contributed by atoms with Crippen molar-refractivity contribution in [3.8, 4) is 10.4 Å². The van der Waals surface area contributed by atoms with Gasteiger partial charge >= 0.3 is 0 Å². The summed E-state index contributed by atoms with van der Waals surface area (Å²) in [7, 11) is 0. The molecule has 0 aliphatic carbocycles. The van der Waals surface area contributed by atoms with Gasteiger partial charge in [0.2, 0.25) is 0 Å². The molecule has 0 saturated heterocycles. The van der Waals surface area contributed by atoms with Crippen molar-refractivity contribution < 1.29 is 0 Å². The second kappa shape index (κ2) is 2.39. The van der Waals surface area contributed by atoms with Crippen molar-refractivity contribution in [2.24, 2.45) is 0 Å². The van der Waals surface area contributed by atoms with Crippen molar-refractivity contribution in [1.29, 1.82) is 0 Å². The van der Waals surface area contributed by atoms with Gasteiger partial charge in [-0.15, -0.1) is 11.3 Å². The van der Waals surface area contributed by atoms with E-state index < -0.39 is 0 Å². The molecular formula is C7H6N2OS. The predicted octanol–water partition coefficient (Wildman–Crippen LogP) is 1.43. The molecule has 0 aliphatic rings. The van der Waals surface area contributed by atoms with Crippen LogP contribution in [0.1, 0.15) is 0 Å². The van der Waals surface area contributed by atoms with E-state index in [0.717, 1.165) is 4.88 Å². The normalized spacial score (nSPS) is 10.2. The summed E-state index contributed by atoms with van der Waals surface area (Å²) in [6, 6.07) is 3.84. The van der Waals surface area contributed by atoms with Gasteiger partial charge in [0.15, 0.2) is 0 Å². The maximum atomic E-state index is 11.0. The Labute approximate surface area is 66.7 Å². The smallest absolute Gasteiger partial charge is 0.272 e. The second-order valence-corrected chi connectivity index (χ2v) is 3.08. The molecule has 4 heteroatoms. The fourth-order valence-electron chi connectivity index (χ4n) is 0.922. The van der Waals surface area contributed by atoms with E-state index >= 15 is 0 Å². The van der Waals surface area contributed by atoms with Crippen molar-refractivity contribution >= 4 is 11.3 Å². The zero-order valence-corrected chi connectivity index (χ0v) is 6.44. The Morgan fingerprint density at radius 2 is 2.36 bits per heavy atom. The molecule has 0 unspecified atom stereocenters. The summed E-state index contributed by atoms with van der Waals surface area (Å²) in [6.07, 6.45) is 1.67. The summed E-state index contributed by atoms with van der Waals surface area (Å²) in [6.45, 7) is 0. The Kier molecular flexibility index (Phi) is 1.40. The van der Waals surface area contributed by atoms with E-state index in [-0.39, 0.29) is 5.56 Å². The Hall–Kier alpha value is -1.29. The van der Waals surface area contributed by atoms with Gasteiger partial charge in [0.25, 0.3) is 5.56 Å². The minimum atomic E-state index is -0.0625. The van der Waals surface area contributed by atoms with Crippen molar-refractivity contribution in [2.45, 2.75) is 0 Å². The van der Waals surface area contributed by atoms with Crippen molar-refractivity contribution in [1.82, 2.24) is 10.2 Å². The number of nitrogens with one attached hydrogen (secondary N) is 2. The number of hydrogen-bond acceptors (Lipinski definition) is 2. The number of aromatic nitrogens is 2. The van der Waals surface area contributed by atoms with Gasteiger partial charge in [-0.3, -0.25) is 9.89 Å². The first-order chi connectivity index (χ1) is 5.38. The van der Waals surface area contributed by atoms with Crippen LogP contribution < -0.4 is 5.56 Å². The second-order valence-electron chi connectivity index (χ2n) is 2.13. The van der Waals surface area contributed by atoms with E-state index in [1.54, 1.807) is 17.5 Å². The molecule has 0 atom stereocenters. The van der Waals surface area contributed by atoms with E-state index in [1.807, 2.05) is 17.5 Å². The zero-order valence-electron chi connectivity index (χ0n) is 5.63. The summed E-state index contributed by atoms with van der Waals surface area (Å²) in [5.74, 6) is 0. The molecule has 11 heavy (non-hydrogen) atoms.